The summed E-state index contributed by atoms with van der Waals surface area (Å²) >= 11 is 6.09. The molecule has 0 aliphatic carbocycles. The second-order valence-electron chi connectivity index (χ2n) is 9.22. The predicted octanol–water partition coefficient (Wildman–Crippen LogP) is 6.27. The Morgan fingerprint density at radius 2 is 1.62 bits per heavy atom. The summed E-state index contributed by atoms with van der Waals surface area (Å²) in [6.07, 6.45) is 0. The average molecular weight is 476 g/mol. The summed E-state index contributed by atoms with van der Waals surface area (Å²) in [5, 5.41) is 12.0. The molecule has 1 aliphatic rings. The predicted molar refractivity (Wildman–Crippen MR) is 134 cm³/mol. The first-order chi connectivity index (χ1) is 16.1. The molecule has 3 aromatic rings. The zero-order valence-corrected chi connectivity index (χ0v) is 20.3. The molecular formula is C28H26ClNO4. The molecule has 1 unspecified atom stereocenters. The van der Waals surface area contributed by atoms with Crippen LogP contribution >= 0.6 is 11.6 Å². The Labute approximate surface area is 204 Å². The van der Waals surface area contributed by atoms with Crippen molar-refractivity contribution in [3.8, 4) is 5.75 Å². The first kappa shape index (κ1) is 23.6. The van der Waals surface area contributed by atoms with E-state index in [2.05, 4.69) is 0 Å². The molecule has 0 radical (unpaired) electrons. The molecule has 0 saturated carbocycles. The summed E-state index contributed by atoms with van der Waals surface area (Å²) in [6, 6.07) is 20.3. The highest BCUT2D eigenvalue weighted by molar-refractivity contribution is 6.51. The number of aliphatic hydroxyl groups is 1. The smallest absolute Gasteiger partial charge is 0.300 e. The van der Waals surface area contributed by atoms with Gasteiger partial charge in [0.25, 0.3) is 11.7 Å². The van der Waals surface area contributed by atoms with Gasteiger partial charge < -0.3 is 9.84 Å². The number of anilines is 1. The van der Waals surface area contributed by atoms with Gasteiger partial charge in [0.2, 0.25) is 0 Å². The number of ether oxygens (including phenoxy) is 1. The van der Waals surface area contributed by atoms with Gasteiger partial charge in [-0.05, 0) is 53.4 Å². The van der Waals surface area contributed by atoms with Gasteiger partial charge in [-0.3, -0.25) is 14.5 Å². The van der Waals surface area contributed by atoms with Gasteiger partial charge in [0, 0.05) is 21.8 Å². The zero-order valence-electron chi connectivity index (χ0n) is 19.5. The lowest BCUT2D eigenvalue weighted by Crippen LogP contribution is -2.29. The molecule has 1 atom stereocenters. The topological polar surface area (TPSA) is 66.8 Å². The van der Waals surface area contributed by atoms with Crippen LogP contribution in [0, 0.1) is 0 Å². The van der Waals surface area contributed by atoms with Crippen molar-refractivity contribution in [2.45, 2.75) is 32.2 Å². The van der Waals surface area contributed by atoms with Crippen LogP contribution in [0.1, 0.15) is 43.5 Å². The van der Waals surface area contributed by atoms with Crippen LogP contribution in [-0.4, -0.2) is 23.9 Å². The Bertz CT molecular complexity index is 1270. The number of halogens is 1. The quantitative estimate of drug-likeness (QED) is 0.274. The zero-order chi connectivity index (χ0) is 24.6. The Morgan fingerprint density at radius 3 is 2.21 bits per heavy atom. The first-order valence-electron chi connectivity index (χ1n) is 10.9. The lowest BCUT2D eigenvalue weighted by atomic mass is 9.84. The molecule has 1 N–H and O–H groups in total. The van der Waals surface area contributed by atoms with Gasteiger partial charge in [-0.15, -0.1) is 0 Å². The van der Waals surface area contributed by atoms with E-state index >= 15 is 0 Å². The molecule has 1 amide bonds. The largest absolute Gasteiger partial charge is 0.507 e. The summed E-state index contributed by atoms with van der Waals surface area (Å²) in [6.45, 7) is 6.12. The fourth-order valence-corrected chi connectivity index (χ4v) is 4.37. The number of carbonyl (C=O) groups excluding carboxylic acids is 2. The molecule has 1 aliphatic heterocycles. The van der Waals surface area contributed by atoms with Crippen molar-refractivity contribution in [1.82, 2.24) is 0 Å². The summed E-state index contributed by atoms with van der Waals surface area (Å²) in [5.41, 5.74) is 2.30. The summed E-state index contributed by atoms with van der Waals surface area (Å²) < 4.78 is 5.51. The van der Waals surface area contributed by atoms with Crippen LogP contribution in [0.3, 0.4) is 0 Å². The summed E-state index contributed by atoms with van der Waals surface area (Å²) in [7, 11) is 1.59. The fourth-order valence-electron chi connectivity index (χ4n) is 4.24. The normalized spacial score (nSPS) is 17.8. The lowest BCUT2D eigenvalue weighted by Gasteiger charge is -2.26. The number of para-hydroxylation sites is 1. The van der Waals surface area contributed by atoms with E-state index in [9.17, 15) is 14.7 Å². The van der Waals surface area contributed by atoms with Crippen LogP contribution in [0.5, 0.6) is 5.75 Å². The highest BCUT2D eigenvalue weighted by Gasteiger charge is 2.47. The van der Waals surface area contributed by atoms with Crippen LogP contribution < -0.4 is 9.64 Å². The van der Waals surface area contributed by atoms with E-state index in [-0.39, 0.29) is 16.7 Å². The average Bonchev–Trinajstić information content (AvgIpc) is 3.09. The van der Waals surface area contributed by atoms with Crippen molar-refractivity contribution >= 4 is 34.7 Å². The second kappa shape index (κ2) is 8.99. The minimum atomic E-state index is -0.806. The van der Waals surface area contributed by atoms with Crippen LogP contribution in [-0.2, 0) is 15.0 Å². The van der Waals surface area contributed by atoms with Gasteiger partial charge in [0.05, 0.1) is 18.7 Å². The maximum atomic E-state index is 13.3. The number of ketones is 1. The van der Waals surface area contributed by atoms with Gasteiger partial charge in [-0.2, -0.15) is 0 Å². The van der Waals surface area contributed by atoms with Gasteiger partial charge in [-0.1, -0.05) is 62.7 Å². The molecule has 3 aromatic carbocycles. The number of carbonyl (C=O) groups is 2. The van der Waals surface area contributed by atoms with Crippen molar-refractivity contribution in [2.75, 3.05) is 12.0 Å². The highest BCUT2D eigenvalue weighted by atomic mass is 35.5. The van der Waals surface area contributed by atoms with Crippen LogP contribution in [0.4, 0.5) is 5.69 Å². The number of amides is 1. The van der Waals surface area contributed by atoms with Crippen LogP contribution in [0.25, 0.3) is 5.76 Å². The van der Waals surface area contributed by atoms with Crippen molar-refractivity contribution in [2.24, 2.45) is 0 Å². The number of aliphatic hydroxyl groups excluding tert-OH is 1. The van der Waals surface area contributed by atoms with E-state index in [4.69, 9.17) is 16.3 Å². The summed E-state index contributed by atoms with van der Waals surface area (Å²) in [5.74, 6) is -0.986. The molecule has 6 heteroatoms. The molecule has 5 nitrogen and oxygen atoms in total. The van der Waals surface area contributed by atoms with E-state index in [0.29, 0.717) is 27.6 Å². The Kier molecular flexibility index (Phi) is 6.24. The maximum absolute atomic E-state index is 13.3. The fraction of sp³-hybridized carbons (Fsp3) is 0.214. The number of methoxy groups -OCH3 is 1. The standard InChI is InChI=1S/C28H26ClNO4/c1-28(2,3)21-16-18(12-15-22(21)34-4)25(31)23-24(17-10-13-19(29)14-11-17)30(27(33)26(23)32)20-8-6-5-7-9-20/h5-16,24,31H,1-4H3/b25-23-. The molecule has 174 valence electrons. The number of Topliss-reactive ketones (excluding diaryl/α,β-unsaturated/α-hetero) is 1. The Morgan fingerprint density at radius 1 is 0.971 bits per heavy atom. The molecule has 1 fully saturated rings. The van der Waals surface area contributed by atoms with Crippen molar-refractivity contribution in [3.05, 3.63) is 100 Å². The molecular weight excluding hydrogens is 450 g/mol. The Balaban J connectivity index is 1.95. The molecule has 0 spiro atoms. The lowest BCUT2D eigenvalue weighted by molar-refractivity contribution is -0.132. The number of hydrogen-bond acceptors (Lipinski definition) is 4. The molecule has 34 heavy (non-hydrogen) atoms. The summed E-state index contributed by atoms with van der Waals surface area (Å²) in [4.78, 5) is 27.9. The van der Waals surface area contributed by atoms with Crippen LogP contribution in [0.15, 0.2) is 78.4 Å². The van der Waals surface area contributed by atoms with E-state index in [1.807, 2.05) is 32.9 Å². The molecule has 1 heterocycles. The molecule has 1 saturated heterocycles. The maximum Gasteiger partial charge on any atom is 0.300 e. The van der Waals surface area contributed by atoms with Crippen molar-refractivity contribution in [3.63, 3.8) is 0 Å². The second-order valence-corrected chi connectivity index (χ2v) is 9.66. The monoisotopic (exact) mass is 475 g/mol. The van der Waals surface area contributed by atoms with E-state index in [1.54, 1.807) is 67.8 Å². The van der Waals surface area contributed by atoms with Crippen molar-refractivity contribution in [1.29, 1.82) is 0 Å². The van der Waals surface area contributed by atoms with Crippen molar-refractivity contribution < 1.29 is 19.4 Å². The number of nitrogens with zero attached hydrogens (tertiary/aromatic N) is 1. The first-order valence-corrected chi connectivity index (χ1v) is 11.3. The van der Waals surface area contributed by atoms with Crippen LogP contribution in [0.2, 0.25) is 5.02 Å². The van der Waals surface area contributed by atoms with E-state index < -0.39 is 17.7 Å². The number of rotatable bonds is 4. The Hall–Kier alpha value is -3.57. The van der Waals surface area contributed by atoms with Gasteiger partial charge in [-0.25, -0.2) is 0 Å². The molecule has 4 rings (SSSR count). The minimum Gasteiger partial charge on any atom is -0.507 e. The SMILES string of the molecule is COc1ccc(/C(O)=C2/C(=O)C(=O)N(c3ccccc3)C2c2ccc(Cl)cc2)cc1C(C)(C)C. The van der Waals surface area contributed by atoms with E-state index in [1.165, 1.54) is 4.90 Å². The van der Waals surface area contributed by atoms with Gasteiger partial charge in [0.15, 0.2) is 0 Å². The van der Waals surface area contributed by atoms with Gasteiger partial charge in [0.1, 0.15) is 11.5 Å². The minimum absolute atomic E-state index is 0.0289. The van der Waals surface area contributed by atoms with Gasteiger partial charge >= 0.3 is 0 Å². The third kappa shape index (κ3) is 4.19. The highest BCUT2D eigenvalue weighted by Crippen LogP contribution is 2.43. The molecule has 0 bridgehead atoms. The molecule has 0 aromatic heterocycles. The number of hydrogen-bond donors (Lipinski definition) is 1. The number of benzene rings is 3. The van der Waals surface area contributed by atoms with E-state index in [0.717, 1.165) is 5.56 Å². The third-order valence-corrected chi connectivity index (χ3v) is 6.20. The third-order valence-electron chi connectivity index (χ3n) is 5.95.